The number of esters is 1. The lowest BCUT2D eigenvalue weighted by Gasteiger charge is -2.32. The van der Waals surface area contributed by atoms with Gasteiger partial charge in [0.25, 0.3) is 5.91 Å². The highest BCUT2D eigenvalue weighted by Crippen LogP contribution is 2.20. The van der Waals surface area contributed by atoms with Crippen molar-refractivity contribution in [1.29, 1.82) is 0 Å². The summed E-state index contributed by atoms with van der Waals surface area (Å²) >= 11 is 0. The van der Waals surface area contributed by atoms with Gasteiger partial charge in [-0.2, -0.15) is 0 Å². The molecule has 3 rings (SSSR count). The number of hydrogen-bond acceptors (Lipinski definition) is 4. The normalized spacial score (nSPS) is 15.3. The van der Waals surface area contributed by atoms with Crippen molar-refractivity contribution in [2.24, 2.45) is 5.92 Å². The second kappa shape index (κ2) is 10.0. The first-order valence-electron chi connectivity index (χ1n) is 9.95. The van der Waals surface area contributed by atoms with Gasteiger partial charge in [-0.3, -0.25) is 9.59 Å². The number of piperidine rings is 1. The maximum Gasteiger partial charge on any atom is 0.328 e. The number of carbonyl (C=O) groups is 3. The summed E-state index contributed by atoms with van der Waals surface area (Å²) in [4.78, 5) is 39.1. The van der Waals surface area contributed by atoms with Gasteiger partial charge in [0, 0.05) is 31.0 Å². The lowest BCUT2D eigenvalue weighted by molar-refractivity contribution is -0.145. The average Bonchev–Trinajstić information content (AvgIpc) is 2.79. The lowest BCUT2D eigenvalue weighted by atomic mass is 9.94. The number of methoxy groups -OCH3 is 1. The van der Waals surface area contributed by atoms with Crippen molar-refractivity contribution in [3.05, 3.63) is 71.5 Å². The van der Waals surface area contributed by atoms with Crippen LogP contribution in [0.15, 0.2) is 54.6 Å². The van der Waals surface area contributed by atoms with Gasteiger partial charge in [0.1, 0.15) is 11.9 Å². The van der Waals surface area contributed by atoms with E-state index in [0.29, 0.717) is 37.9 Å². The molecular weight excluding hydrogens is 387 g/mol. The number of halogens is 1. The molecule has 1 aliphatic rings. The van der Waals surface area contributed by atoms with Crippen molar-refractivity contribution in [1.82, 2.24) is 10.2 Å². The molecule has 1 atom stereocenters. The Morgan fingerprint density at radius 1 is 1.07 bits per heavy atom. The van der Waals surface area contributed by atoms with Crippen molar-refractivity contribution < 1.29 is 23.5 Å². The van der Waals surface area contributed by atoms with E-state index in [-0.39, 0.29) is 17.7 Å². The first-order valence-corrected chi connectivity index (χ1v) is 9.95. The van der Waals surface area contributed by atoms with Crippen molar-refractivity contribution in [3.63, 3.8) is 0 Å². The fourth-order valence-electron chi connectivity index (χ4n) is 3.59. The van der Waals surface area contributed by atoms with Crippen LogP contribution in [0.5, 0.6) is 0 Å². The highest BCUT2D eigenvalue weighted by Gasteiger charge is 2.30. The molecule has 0 aliphatic carbocycles. The fraction of sp³-hybridized carbons (Fsp3) is 0.348. The van der Waals surface area contributed by atoms with Crippen LogP contribution >= 0.6 is 0 Å². The number of nitrogens with zero attached hydrogens (tertiary/aromatic N) is 1. The Kier molecular flexibility index (Phi) is 7.17. The molecule has 1 heterocycles. The van der Waals surface area contributed by atoms with E-state index < -0.39 is 17.8 Å². The molecule has 158 valence electrons. The molecule has 1 aliphatic heterocycles. The molecule has 2 aromatic rings. The zero-order valence-corrected chi connectivity index (χ0v) is 16.8. The Bertz CT molecular complexity index is 878. The Hall–Kier alpha value is -3.22. The van der Waals surface area contributed by atoms with Gasteiger partial charge in [0.2, 0.25) is 5.91 Å². The molecule has 0 saturated carbocycles. The Labute approximate surface area is 175 Å². The van der Waals surface area contributed by atoms with E-state index in [2.05, 4.69) is 5.32 Å². The van der Waals surface area contributed by atoms with Crippen LogP contribution in [0, 0.1) is 11.7 Å². The molecule has 1 saturated heterocycles. The van der Waals surface area contributed by atoms with Crippen LogP contribution < -0.4 is 5.32 Å². The van der Waals surface area contributed by atoms with Gasteiger partial charge < -0.3 is 15.0 Å². The zero-order chi connectivity index (χ0) is 21.5. The van der Waals surface area contributed by atoms with Crippen molar-refractivity contribution in [2.45, 2.75) is 25.3 Å². The molecule has 7 heteroatoms. The van der Waals surface area contributed by atoms with Gasteiger partial charge in [-0.15, -0.1) is 0 Å². The minimum absolute atomic E-state index is 0.176. The van der Waals surface area contributed by atoms with E-state index in [4.69, 9.17) is 4.74 Å². The van der Waals surface area contributed by atoms with Gasteiger partial charge in [-0.1, -0.05) is 30.3 Å². The maximum atomic E-state index is 13.1. The minimum atomic E-state index is -0.760. The SMILES string of the molecule is COC(=O)[C@@H](Cc1ccccc1)NC(=O)C1CCN(C(=O)c2ccc(F)cc2)CC1. The van der Waals surface area contributed by atoms with E-state index in [1.165, 1.54) is 31.4 Å². The summed E-state index contributed by atoms with van der Waals surface area (Å²) in [6.07, 6.45) is 1.34. The van der Waals surface area contributed by atoms with Crippen LogP contribution in [-0.4, -0.2) is 48.9 Å². The molecule has 0 unspecified atom stereocenters. The standard InChI is InChI=1S/C23H25FN2O4/c1-30-23(29)20(15-16-5-3-2-4-6-16)25-21(27)17-11-13-26(14-12-17)22(28)18-7-9-19(24)10-8-18/h2-10,17,20H,11-15H2,1H3,(H,25,27)/t20-/m1/s1. The summed E-state index contributed by atoms with van der Waals surface area (Å²) in [5.74, 6) is -1.56. The molecule has 0 aromatic heterocycles. The van der Waals surface area contributed by atoms with Crippen molar-refractivity contribution >= 4 is 17.8 Å². The Morgan fingerprint density at radius 2 is 1.70 bits per heavy atom. The number of hydrogen-bond donors (Lipinski definition) is 1. The van der Waals surface area contributed by atoms with Crippen LogP contribution in [0.4, 0.5) is 4.39 Å². The molecule has 6 nitrogen and oxygen atoms in total. The highest BCUT2D eigenvalue weighted by molar-refractivity contribution is 5.94. The highest BCUT2D eigenvalue weighted by atomic mass is 19.1. The summed E-state index contributed by atoms with van der Waals surface area (Å²) in [6, 6.07) is 14.1. The third kappa shape index (κ3) is 5.43. The zero-order valence-electron chi connectivity index (χ0n) is 16.8. The van der Waals surface area contributed by atoms with E-state index in [0.717, 1.165) is 5.56 Å². The van der Waals surface area contributed by atoms with Crippen LogP contribution in [0.25, 0.3) is 0 Å². The van der Waals surface area contributed by atoms with Crippen LogP contribution in [0.3, 0.4) is 0 Å². The van der Waals surface area contributed by atoms with Crippen LogP contribution in [-0.2, 0) is 20.7 Å². The van der Waals surface area contributed by atoms with Crippen LogP contribution in [0.1, 0.15) is 28.8 Å². The fourth-order valence-corrected chi connectivity index (χ4v) is 3.59. The molecule has 0 spiro atoms. The molecule has 2 amide bonds. The average molecular weight is 412 g/mol. The minimum Gasteiger partial charge on any atom is -0.467 e. The van der Waals surface area contributed by atoms with Crippen molar-refractivity contribution in [2.75, 3.05) is 20.2 Å². The number of amides is 2. The third-order valence-electron chi connectivity index (χ3n) is 5.33. The molecule has 1 fully saturated rings. The van der Waals surface area contributed by atoms with E-state index in [1.807, 2.05) is 30.3 Å². The summed E-state index contributed by atoms with van der Waals surface area (Å²) in [5, 5.41) is 2.81. The predicted molar refractivity (Wildman–Crippen MR) is 109 cm³/mol. The predicted octanol–water partition coefficient (Wildman–Crippen LogP) is 2.58. The molecule has 2 aromatic carbocycles. The van der Waals surface area contributed by atoms with E-state index in [1.54, 1.807) is 4.90 Å². The van der Waals surface area contributed by atoms with Crippen molar-refractivity contribution in [3.8, 4) is 0 Å². The quantitative estimate of drug-likeness (QED) is 0.740. The molecule has 30 heavy (non-hydrogen) atoms. The molecule has 0 radical (unpaired) electrons. The largest absolute Gasteiger partial charge is 0.467 e. The summed E-state index contributed by atoms with van der Waals surface area (Å²) in [6.45, 7) is 0.853. The molecule has 1 N–H and O–H groups in total. The Morgan fingerprint density at radius 3 is 2.30 bits per heavy atom. The van der Waals surface area contributed by atoms with Gasteiger partial charge in [0.15, 0.2) is 0 Å². The monoisotopic (exact) mass is 412 g/mol. The topological polar surface area (TPSA) is 75.7 Å². The number of likely N-dealkylation sites (tertiary alicyclic amines) is 1. The van der Waals surface area contributed by atoms with Gasteiger partial charge in [-0.25, -0.2) is 9.18 Å². The molecule has 0 bridgehead atoms. The second-order valence-corrected chi connectivity index (χ2v) is 7.35. The number of carbonyl (C=O) groups excluding carboxylic acids is 3. The lowest BCUT2D eigenvalue weighted by Crippen LogP contribution is -2.48. The summed E-state index contributed by atoms with van der Waals surface area (Å²) in [7, 11) is 1.30. The third-order valence-corrected chi connectivity index (χ3v) is 5.33. The second-order valence-electron chi connectivity index (χ2n) is 7.35. The first kappa shape index (κ1) is 21.5. The smallest absolute Gasteiger partial charge is 0.328 e. The van der Waals surface area contributed by atoms with Gasteiger partial charge in [0.05, 0.1) is 7.11 Å². The van der Waals surface area contributed by atoms with Gasteiger partial charge in [-0.05, 0) is 42.7 Å². The maximum absolute atomic E-state index is 13.1. The van der Waals surface area contributed by atoms with Gasteiger partial charge >= 0.3 is 5.97 Å². The number of ether oxygens (including phenoxy) is 1. The number of rotatable bonds is 6. The first-order chi connectivity index (χ1) is 14.5. The number of benzene rings is 2. The summed E-state index contributed by atoms with van der Waals surface area (Å²) in [5.41, 5.74) is 1.35. The number of nitrogens with one attached hydrogen (secondary N) is 1. The van der Waals surface area contributed by atoms with E-state index >= 15 is 0 Å². The summed E-state index contributed by atoms with van der Waals surface area (Å²) < 4.78 is 17.9. The van der Waals surface area contributed by atoms with Crippen LogP contribution in [0.2, 0.25) is 0 Å². The molecular formula is C23H25FN2O4. The van der Waals surface area contributed by atoms with E-state index in [9.17, 15) is 18.8 Å². The Balaban J connectivity index is 1.56.